The number of pyridine rings is 8. The van der Waals surface area contributed by atoms with Gasteiger partial charge in [-0.25, -0.2) is 0 Å². The number of rotatable bonds is 0. The molecule has 0 fully saturated rings. The topological polar surface area (TPSA) is 103 Å². The first kappa shape index (κ1) is 34.0. The molecule has 0 N–H and O–H groups in total. The monoisotopic (exact) mass is 720 g/mol. The molecule has 0 aliphatic heterocycles. The van der Waals surface area contributed by atoms with Crippen molar-refractivity contribution in [1.82, 2.24) is 39.9 Å². The predicted octanol–water partition coefficient (Wildman–Crippen LogP) is 11.1. The number of hydrogen-bond acceptors (Lipinski definition) is 8. The molecule has 0 amide bonds. The summed E-state index contributed by atoms with van der Waals surface area (Å²) in [5.41, 5.74) is 1.02. The lowest BCUT2D eigenvalue weighted by Crippen LogP contribution is -1.79. The minimum atomic E-state index is 1.02. The van der Waals surface area contributed by atoms with Gasteiger partial charge in [-0.3, -0.25) is 39.9 Å². The fourth-order valence-electron chi connectivity index (χ4n) is 6.68. The van der Waals surface area contributed by atoms with Crippen LogP contribution in [0.1, 0.15) is 0 Å². The highest BCUT2D eigenvalue weighted by molar-refractivity contribution is 5.99. The summed E-state index contributed by atoms with van der Waals surface area (Å²) in [5.74, 6) is 0. The van der Waals surface area contributed by atoms with Crippen LogP contribution in [0.5, 0.6) is 0 Å². The maximum absolute atomic E-state index is 4.30. The summed E-state index contributed by atoms with van der Waals surface area (Å²) in [6, 6.07) is 35.2. The summed E-state index contributed by atoms with van der Waals surface area (Å²) < 4.78 is 0. The number of nitrogens with zero attached hydrogens (tertiary/aromatic N) is 8. The molecule has 0 spiro atoms. The van der Waals surface area contributed by atoms with Gasteiger partial charge in [0.2, 0.25) is 0 Å². The van der Waals surface area contributed by atoms with Crippen molar-refractivity contribution >= 4 is 86.3 Å². The van der Waals surface area contributed by atoms with E-state index in [0.717, 1.165) is 32.4 Å². The highest BCUT2D eigenvalue weighted by Gasteiger charge is 2.00. The lowest BCUT2D eigenvalue weighted by molar-refractivity contribution is 1.35. The number of hydrogen-bond donors (Lipinski definition) is 0. The largest absolute Gasteiger partial charge is 0.264 e. The van der Waals surface area contributed by atoms with E-state index in [1.165, 1.54) is 53.9 Å². The molecule has 264 valence electrons. The summed E-state index contributed by atoms with van der Waals surface area (Å²) in [6.07, 6.45) is 27.6. The van der Waals surface area contributed by atoms with Gasteiger partial charge in [0.05, 0.1) is 5.52 Å². The molecular formula is C48H32N8. The highest BCUT2D eigenvalue weighted by Crippen LogP contribution is 2.23. The second-order valence-electron chi connectivity index (χ2n) is 13.2. The van der Waals surface area contributed by atoms with Crippen LogP contribution in [0.15, 0.2) is 196 Å². The molecule has 0 unspecified atom stereocenters. The molecule has 0 aliphatic rings. The molecule has 12 aromatic rings. The molecule has 4 aromatic carbocycles. The molecule has 8 aromatic heterocycles. The smallest absolute Gasteiger partial charge is 0.0708 e. The molecule has 0 saturated carbocycles. The zero-order chi connectivity index (χ0) is 37.5. The summed E-state index contributed by atoms with van der Waals surface area (Å²) in [4.78, 5) is 33.0. The van der Waals surface area contributed by atoms with Crippen LogP contribution < -0.4 is 0 Å². The minimum absolute atomic E-state index is 1.02. The SMILES string of the molecule is c1cc2cc3ccncc3cc2cn1.c1cc2cc3ccncc3cc2cn1.c1cc2cc3cnccc3cc2cn1.c1cnc2cc3cnccc3cc2c1. The van der Waals surface area contributed by atoms with Crippen molar-refractivity contribution in [3.63, 3.8) is 0 Å². The quantitative estimate of drug-likeness (QED) is 0.143. The zero-order valence-electron chi connectivity index (χ0n) is 30.1. The van der Waals surface area contributed by atoms with Gasteiger partial charge in [0.25, 0.3) is 0 Å². The molecule has 8 heteroatoms. The van der Waals surface area contributed by atoms with Gasteiger partial charge in [-0.15, -0.1) is 0 Å². The Morgan fingerprint density at radius 3 is 0.786 bits per heavy atom. The number of aromatic nitrogens is 8. The second-order valence-corrected chi connectivity index (χ2v) is 13.2. The Bertz CT molecular complexity index is 2430. The van der Waals surface area contributed by atoms with E-state index in [9.17, 15) is 0 Å². The molecule has 8 nitrogen and oxygen atoms in total. The summed E-state index contributed by atoms with van der Waals surface area (Å²) in [6.45, 7) is 0. The maximum atomic E-state index is 4.30. The lowest BCUT2D eigenvalue weighted by atomic mass is 10.1. The molecule has 0 atom stereocenters. The van der Waals surface area contributed by atoms with Crippen LogP contribution in [0, 0.1) is 0 Å². The molecule has 56 heavy (non-hydrogen) atoms. The Kier molecular flexibility index (Phi) is 9.48. The summed E-state index contributed by atoms with van der Waals surface area (Å²) in [5, 5.41) is 17.8. The minimum Gasteiger partial charge on any atom is -0.264 e. The molecule has 0 aliphatic carbocycles. The van der Waals surface area contributed by atoms with E-state index in [4.69, 9.17) is 0 Å². The Balaban J connectivity index is 0.0000000975. The first-order valence-corrected chi connectivity index (χ1v) is 18.0. The van der Waals surface area contributed by atoms with Crippen LogP contribution in [0.25, 0.3) is 86.3 Å². The van der Waals surface area contributed by atoms with E-state index < -0.39 is 0 Å². The molecule has 0 radical (unpaired) electrons. The van der Waals surface area contributed by atoms with Gasteiger partial charge in [-0.05, 0) is 135 Å². The van der Waals surface area contributed by atoms with E-state index in [-0.39, 0.29) is 0 Å². The van der Waals surface area contributed by atoms with E-state index in [1.54, 1.807) is 0 Å². The Morgan fingerprint density at radius 2 is 0.464 bits per heavy atom. The van der Waals surface area contributed by atoms with Gasteiger partial charge in [0.1, 0.15) is 0 Å². The van der Waals surface area contributed by atoms with E-state index >= 15 is 0 Å². The van der Waals surface area contributed by atoms with Crippen LogP contribution in [0.2, 0.25) is 0 Å². The highest BCUT2D eigenvalue weighted by atomic mass is 14.7. The average Bonchev–Trinajstić information content (AvgIpc) is 3.27. The van der Waals surface area contributed by atoms with Gasteiger partial charge in [0.15, 0.2) is 0 Å². The van der Waals surface area contributed by atoms with Crippen LogP contribution in [-0.2, 0) is 0 Å². The first-order chi connectivity index (χ1) is 27.7. The Labute approximate surface area is 321 Å². The normalized spacial score (nSPS) is 10.9. The van der Waals surface area contributed by atoms with Crippen molar-refractivity contribution in [2.75, 3.05) is 0 Å². The van der Waals surface area contributed by atoms with E-state index in [2.05, 4.69) is 94.5 Å². The number of benzene rings is 4. The Morgan fingerprint density at radius 1 is 0.214 bits per heavy atom. The molecule has 8 heterocycles. The van der Waals surface area contributed by atoms with Crippen LogP contribution in [0.4, 0.5) is 0 Å². The second kappa shape index (κ2) is 15.6. The molecule has 12 rings (SSSR count). The lowest BCUT2D eigenvalue weighted by Gasteiger charge is -1.99. The van der Waals surface area contributed by atoms with Crippen LogP contribution in [0.3, 0.4) is 0 Å². The van der Waals surface area contributed by atoms with Crippen molar-refractivity contribution in [3.05, 3.63) is 196 Å². The van der Waals surface area contributed by atoms with Gasteiger partial charge in [-0.1, -0.05) is 6.07 Å². The first-order valence-electron chi connectivity index (χ1n) is 18.0. The fraction of sp³-hybridized carbons (Fsp3) is 0. The average molecular weight is 721 g/mol. The molecular weight excluding hydrogens is 689 g/mol. The zero-order valence-corrected chi connectivity index (χ0v) is 30.1. The third kappa shape index (κ3) is 7.48. The van der Waals surface area contributed by atoms with Crippen molar-refractivity contribution in [1.29, 1.82) is 0 Å². The molecule has 0 saturated heterocycles. The van der Waals surface area contributed by atoms with E-state index in [1.807, 2.05) is 141 Å². The van der Waals surface area contributed by atoms with Gasteiger partial charge in [0, 0.05) is 136 Å². The predicted molar refractivity (Wildman–Crippen MR) is 228 cm³/mol. The van der Waals surface area contributed by atoms with E-state index in [0.29, 0.717) is 0 Å². The van der Waals surface area contributed by atoms with Crippen molar-refractivity contribution in [2.24, 2.45) is 0 Å². The Hall–Kier alpha value is -7.84. The molecule has 0 bridgehead atoms. The summed E-state index contributed by atoms with van der Waals surface area (Å²) >= 11 is 0. The standard InChI is InChI=1S/4C12H8N2/c1-3-13-7-11-6-10-2-4-14-8-12(10)5-9(1)11;2*1-3-13-7-11-6-12-8-14-4-2-10(12)5-9(1)11;1-2-10-6-9-3-5-13-8-11(9)7-12(10)14-4-1/h4*1-8H. The van der Waals surface area contributed by atoms with Crippen LogP contribution in [-0.4, -0.2) is 39.9 Å². The fourth-order valence-corrected chi connectivity index (χ4v) is 6.68. The van der Waals surface area contributed by atoms with Crippen molar-refractivity contribution < 1.29 is 0 Å². The van der Waals surface area contributed by atoms with Gasteiger partial charge >= 0.3 is 0 Å². The number of fused-ring (bicyclic) bond motifs is 8. The third-order valence-corrected chi connectivity index (χ3v) is 9.55. The van der Waals surface area contributed by atoms with Crippen molar-refractivity contribution in [2.45, 2.75) is 0 Å². The maximum Gasteiger partial charge on any atom is 0.0708 e. The van der Waals surface area contributed by atoms with Crippen molar-refractivity contribution in [3.8, 4) is 0 Å². The van der Waals surface area contributed by atoms with Gasteiger partial charge in [-0.2, -0.15) is 0 Å². The van der Waals surface area contributed by atoms with Crippen LogP contribution >= 0.6 is 0 Å². The summed E-state index contributed by atoms with van der Waals surface area (Å²) in [7, 11) is 0. The van der Waals surface area contributed by atoms with Gasteiger partial charge < -0.3 is 0 Å². The third-order valence-electron chi connectivity index (χ3n) is 9.55.